The predicted molar refractivity (Wildman–Crippen MR) is 157 cm³/mol. The Morgan fingerprint density at radius 2 is 1.51 bits per heavy atom. The van der Waals surface area contributed by atoms with Gasteiger partial charge in [0.25, 0.3) is 5.69 Å². The maximum Gasteiger partial charge on any atom is 0.269 e. The average Bonchev–Trinajstić information content (AvgIpc) is 3.59. The van der Waals surface area contributed by atoms with Crippen molar-refractivity contribution in [2.45, 2.75) is 21.9 Å². The number of non-ortho nitro benzene ring substituents is 1. The largest absolute Gasteiger partial charge is 0.351 e. The molecule has 1 aliphatic heterocycles. The minimum atomic E-state index is -0.390. The van der Waals surface area contributed by atoms with Gasteiger partial charge in [-0.05, 0) is 85.0 Å². The highest BCUT2D eigenvalue weighted by Crippen LogP contribution is 2.43. The lowest BCUT2D eigenvalue weighted by atomic mass is 10.0. The fourth-order valence-corrected chi connectivity index (χ4v) is 6.00. The van der Waals surface area contributed by atoms with Crippen LogP contribution < -0.4 is 10.2 Å². The van der Waals surface area contributed by atoms with Crippen molar-refractivity contribution < 1.29 is 4.92 Å². The van der Waals surface area contributed by atoms with E-state index in [2.05, 4.69) is 62.4 Å². The normalized spacial score (nSPS) is 16.7. The molecule has 1 aliphatic rings. The number of pyridine rings is 1. The van der Waals surface area contributed by atoms with Gasteiger partial charge in [-0.1, -0.05) is 36.0 Å². The molecule has 1 saturated heterocycles. The number of benzene rings is 3. The number of thiocarbonyl (C=S) groups is 1. The number of rotatable bonds is 7. The zero-order valence-corrected chi connectivity index (χ0v) is 22.3. The Bertz CT molecular complexity index is 1610. The Hall–Kier alpha value is -4.47. The van der Waals surface area contributed by atoms with E-state index in [9.17, 15) is 10.1 Å². The second kappa shape index (κ2) is 10.7. The molecule has 1 fully saturated rings. The van der Waals surface area contributed by atoms with Gasteiger partial charge in [-0.25, -0.2) is 0 Å². The van der Waals surface area contributed by atoms with Gasteiger partial charge in [0.2, 0.25) is 0 Å². The number of para-hydroxylation sites is 1. The van der Waals surface area contributed by atoms with Crippen LogP contribution in [-0.2, 0) is 0 Å². The van der Waals surface area contributed by atoms with Crippen LogP contribution in [0.1, 0.15) is 23.5 Å². The van der Waals surface area contributed by atoms with E-state index in [0.29, 0.717) is 5.11 Å². The van der Waals surface area contributed by atoms with Crippen molar-refractivity contribution in [3.05, 3.63) is 143 Å². The number of anilines is 1. The van der Waals surface area contributed by atoms with E-state index in [1.807, 2.05) is 48.5 Å². The van der Waals surface area contributed by atoms with Crippen molar-refractivity contribution in [1.29, 1.82) is 0 Å². The van der Waals surface area contributed by atoms with Crippen LogP contribution >= 0.6 is 24.0 Å². The van der Waals surface area contributed by atoms with Crippen LogP contribution in [0.4, 0.5) is 11.4 Å². The van der Waals surface area contributed by atoms with Crippen molar-refractivity contribution in [1.82, 2.24) is 14.9 Å². The van der Waals surface area contributed by atoms with Crippen molar-refractivity contribution in [3.8, 4) is 5.69 Å². The molecule has 0 radical (unpaired) electrons. The number of nitro groups is 1. The lowest BCUT2D eigenvalue weighted by molar-refractivity contribution is -0.384. The van der Waals surface area contributed by atoms with Gasteiger partial charge in [0.1, 0.15) is 6.04 Å². The molecule has 6 rings (SSSR count). The molecule has 5 aromatic rings. The van der Waals surface area contributed by atoms with Gasteiger partial charge in [0, 0.05) is 51.4 Å². The third-order valence-electron chi connectivity index (χ3n) is 6.61. The van der Waals surface area contributed by atoms with E-state index in [1.54, 1.807) is 30.1 Å². The standard InChI is InChI=1S/C30H23N5O2S2/c36-35(37)23-13-17-25(18-14-23)39-24-15-11-22(12-16-24)34-29(28(32-30(34)38)26-9-4-5-19-31-26)27-10-6-20-33(27)21-7-2-1-3-8-21/h1-20,28-29H,(H,32,38). The minimum Gasteiger partial charge on any atom is -0.351 e. The first kappa shape index (κ1) is 24.8. The first-order chi connectivity index (χ1) is 19.1. The number of hydrogen-bond donors (Lipinski definition) is 1. The van der Waals surface area contributed by atoms with Crippen molar-refractivity contribution in [3.63, 3.8) is 0 Å². The molecular formula is C30H23N5O2S2. The molecule has 39 heavy (non-hydrogen) atoms. The molecule has 0 aliphatic carbocycles. The quantitative estimate of drug-likeness (QED) is 0.132. The summed E-state index contributed by atoms with van der Waals surface area (Å²) in [5, 5.41) is 15.1. The molecule has 0 bridgehead atoms. The third-order valence-corrected chi connectivity index (χ3v) is 7.94. The molecule has 2 unspecified atom stereocenters. The fourth-order valence-electron chi connectivity index (χ4n) is 4.84. The van der Waals surface area contributed by atoms with Gasteiger partial charge in [0.15, 0.2) is 5.11 Å². The van der Waals surface area contributed by atoms with E-state index in [1.165, 1.54) is 12.1 Å². The SMILES string of the molecule is O=[N+]([O-])c1ccc(Sc2ccc(N3C(=S)NC(c4ccccn4)C3c3cccn3-c3ccccc3)cc2)cc1. The van der Waals surface area contributed by atoms with Crippen molar-refractivity contribution >= 4 is 40.5 Å². The van der Waals surface area contributed by atoms with E-state index in [0.717, 1.165) is 32.6 Å². The smallest absolute Gasteiger partial charge is 0.269 e. The minimum absolute atomic E-state index is 0.0819. The molecule has 2 aromatic heterocycles. The van der Waals surface area contributed by atoms with Crippen LogP contribution in [0.3, 0.4) is 0 Å². The first-order valence-electron chi connectivity index (χ1n) is 12.3. The van der Waals surface area contributed by atoms with Crippen LogP contribution in [0, 0.1) is 10.1 Å². The zero-order chi connectivity index (χ0) is 26.8. The summed E-state index contributed by atoms with van der Waals surface area (Å²) in [5.41, 5.74) is 4.13. The van der Waals surface area contributed by atoms with E-state index >= 15 is 0 Å². The molecule has 7 nitrogen and oxygen atoms in total. The lowest BCUT2D eigenvalue weighted by Crippen LogP contribution is -2.30. The summed E-state index contributed by atoms with van der Waals surface area (Å²) >= 11 is 7.45. The van der Waals surface area contributed by atoms with Gasteiger partial charge < -0.3 is 14.8 Å². The zero-order valence-electron chi connectivity index (χ0n) is 20.6. The summed E-state index contributed by atoms with van der Waals surface area (Å²) in [6.45, 7) is 0. The fraction of sp³-hybridized carbons (Fsp3) is 0.0667. The second-order valence-electron chi connectivity index (χ2n) is 8.98. The lowest BCUT2D eigenvalue weighted by Gasteiger charge is -2.29. The molecule has 9 heteroatoms. The molecule has 0 amide bonds. The summed E-state index contributed by atoms with van der Waals surface area (Å²) in [5.74, 6) is 0. The molecule has 2 atom stereocenters. The maximum atomic E-state index is 11.0. The number of nitro benzene ring substituents is 1. The monoisotopic (exact) mass is 549 g/mol. The number of nitrogens with zero attached hydrogens (tertiary/aromatic N) is 4. The van der Waals surface area contributed by atoms with Crippen molar-refractivity contribution in [2.24, 2.45) is 0 Å². The summed E-state index contributed by atoms with van der Waals surface area (Å²) in [6.07, 6.45) is 3.88. The summed E-state index contributed by atoms with van der Waals surface area (Å²) in [6, 6.07) is 34.9. The summed E-state index contributed by atoms with van der Waals surface area (Å²) in [4.78, 5) is 19.3. The summed E-state index contributed by atoms with van der Waals surface area (Å²) in [7, 11) is 0. The van der Waals surface area contributed by atoms with Crippen LogP contribution in [-0.4, -0.2) is 19.6 Å². The van der Waals surface area contributed by atoms with Crippen LogP contribution in [0.5, 0.6) is 0 Å². The van der Waals surface area contributed by atoms with Gasteiger partial charge in [-0.3, -0.25) is 15.1 Å². The van der Waals surface area contributed by atoms with E-state index in [4.69, 9.17) is 12.2 Å². The van der Waals surface area contributed by atoms with Crippen LogP contribution in [0.15, 0.2) is 131 Å². The van der Waals surface area contributed by atoms with Gasteiger partial charge in [0.05, 0.1) is 16.7 Å². The Kier molecular flexibility index (Phi) is 6.83. The Morgan fingerprint density at radius 3 is 2.18 bits per heavy atom. The van der Waals surface area contributed by atoms with Crippen LogP contribution in [0.2, 0.25) is 0 Å². The number of nitrogens with one attached hydrogen (secondary N) is 1. The molecule has 3 aromatic carbocycles. The first-order valence-corrected chi connectivity index (χ1v) is 13.6. The maximum absolute atomic E-state index is 11.0. The van der Waals surface area contributed by atoms with E-state index in [-0.39, 0.29) is 22.7 Å². The third kappa shape index (κ3) is 5.01. The summed E-state index contributed by atoms with van der Waals surface area (Å²) < 4.78 is 2.20. The molecule has 0 spiro atoms. The number of aromatic nitrogens is 2. The Morgan fingerprint density at radius 1 is 0.821 bits per heavy atom. The topological polar surface area (TPSA) is 76.2 Å². The van der Waals surface area contributed by atoms with Crippen molar-refractivity contribution in [2.75, 3.05) is 4.90 Å². The molecule has 1 N–H and O–H groups in total. The average molecular weight is 550 g/mol. The molecule has 192 valence electrons. The molecule has 3 heterocycles. The highest BCUT2D eigenvalue weighted by Gasteiger charge is 2.42. The predicted octanol–water partition coefficient (Wildman–Crippen LogP) is 7.11. The Labute approximate surface area is 235 Å². The van der Waals surface area contributed by atoms with Gasteiger partial charge >= 0.3 is 0 Å². The van der Waals surface area contributed by atoms with Gasteiger partial charge in [-0.2, -0.15) is 0 Å². The van der Waals surface area contributed by atoms with Gasteiger partial charge in [-0.15, -0.1) is 0 Å². The molecule has 0 saturated carbocycles. The number of hydrogen-bond acceptors (Lipinski definition) is 5. The van der Waals surface area contributed by atoms with E-state index < -0.39 is 0 Å². The highest BCUT2D eigenvalue weighted by atomic mass is 32.2. The van der Waals surface area contributed by atoms with Crippen LogP contribution in [0.25, 0.3) is 5.69 Å². The second-order valence-corrected chi connectivity index (χ2v) is 10.5. The highest BCUT2D eigenvalue weighted by molar-refractivity contribution is 7.99. The molecular weight excluding hydrogens is 526 g/mol. The Balaban J connectivity index is 1.35.